The van der Waals surface area contributed by atoms with Gasteiger partial charge in [0.05, 0.1) is 32.9 Å². The summed E-state index contributed by atoms with van der Waals surface area (Å²) in [7, 11) is 0. The van der Waals surface area contributed by atoms with Crippen LogP contribution in [-0.2, 0) is 14.3 Å². The van der Waals surface area contributed by atoms with Crippen molar-refractivity contribution in [1.82, 2.24) is 5.32 Å². The number of rotatable bonds is 9. The van der Waals surface area contributed by atoms with Crippen LogP contribution in [0.15, 0.2) is 24.3 Å². The first-order chi connectivity index (χ1) is 12.7. The van der Waals surface area contributed by atoms with E-state index < -0.39 is 11.8 Å². The van der Waals surface area contributed by atoms with Gasteiger partial charge in [0.2, 0.25) is 0 Å². The lowest BCUT2D eigenvalue weighted by molar-refractivity contribution is -0.906. The first-order valence-corrected chi connectivity index (χ1v) is 9.42. The van der Waals surface area contributed by atoms with E-state index in [0.29, 0.717) is 18.8 Å². The van der Waals surface area contributed by atoms with Crippen molar-refractivity contribution < 1.29 is 24.0 Å². The molecule has 0 aromatic heterocycles. The number of nitrogens with one attached hydrogen (secondary N) is 3. The maximum Gasteiger partial charge on any atom is 0.313 e. The van der Waals surface area contributed by atoms with Gasteiger partial charge in [-0.2, -0.15) is 0 Å². The molecule has 0 atom stereocenters. The summed E-state index contributed by atoms with van der Waals surface area (Å²) in [5.41, 5.74) is 0.574. The Morgan fingerprint density at radius 2 is 1.85 bits per heavy atom. The summed E-state index contributed by atoms with van der Waals surface area (Å²) in [6.07, 6.45) is 3.34. The Labute approximate surface area is 155 Å². The van der Waals surface area contributed by atoms with Crippen molar-refractivity contribution in [1.29, 1.82) is 0 Å². The zero-order valence-corrected chi connectivity index (χ0v) is 15.5. The molecule has 0 bridgehead atoms. The zero-order valence-electron chi connectivity index (χ0n) is 15.5. The van der Waals surface area contributed by atoms with Crippen molar-refractivity contribution in [3.8, 4) is 5.75 Å². The number of hydrogen-bond acceptors (Lipinski definition) is 4. The van der Waals surface area contributed by atoms with Gasteiger partial charge in [0, 0.05) is 5.69 Å². The number of quaternary nitrogens is 1. The molecule has 1 aromatic carbocycles. The van der Waals surface area contributed by atoms with Crippen LogP contribution in [0.3, 0.4) is 0 Å². The predicted molar refractivity (Wildman–Crippen MR) is 99.5 cm³/mol. The number of ether oxygens (including phenoxy) is 2. The summed E-state index contributed by atoms with van der Waals surface area (Å²) in [4.78, 5) is 25.2. The second-order valence-corrected chi connectivity index (χ2v) is 6.40. The highest BCUT2D eigenvalue weighted by atomic mass is 16.5. The molecule has 1 saturated heterocycles. The van der Waals surface area contributed by atoms with Crippen molar-refractivity contribution >= 4 is 17.5 Å². The SMILES string of the molecule is CCCCCOc1ccc(NC(=O)C(=O)NCC[NH+]2CCOCC2)cc1. The molecular weight excluding hydrogens is 334 g/mol. The van der Waals surface area contributed by atoms with Crippen LogP contribution in [0.4, 0.5) is 5.69 Å². The van der Waals surface area contributed by atoms with Crippen molar-refractivity contribution in [3.05, 3.63) is 24.3 Å². The number of morpholine rings is 1. The van der Waals surface area contributed by atoms with E-state index in [1.54, 1.807) is 24.3 Å². The number of amides is 2. The molecule has 1 aliphatic rings. The number of benzene rings is 1. The monoisotopic (exact) mass is 364 g/mol. The van der Waals surface area contributed by atoms with Crippen LogP contribution in [0.1, 0.15) is 26.2 Å². The van der Waals surface area contributed by atoms with Crippen LogP contribution in [0, 0.1) is 0 Å². The van der Waals surface area contributed by atoms with Crippen molar-refractivity contribution in [3.63, 3.8) is 0 Å². The second kappa shape index (κ2) is 11.5. The molecule has 1 aromatic rings. The number of anilines is 1. The van der Waals surface area contributed by atoms with Gasteiger partial charge in [-0.3, -0.25) is 9.59 Å². The summed E-state index contributed by atoms with van der Waals surface area (Å²) in [6.45, 7) is 7.50. The van der Waals surface area contributed by atoms with E-state index in [1.807, 2.05) is 0 Å². The van der Waals surface area contributed by atoms with Gasteiger partial charge in [0.25, 0.3) is 0 Å². The fourth-order valence-corrected chi connectivity index (χ4v) is 2.71. The van der Waals surface area contributed by atoms with E-state index in [-0.39, 0.29) is 0 Å². The first kappa shape index (κ1) is 20.2. The van der Waals surface area contributed by atoms with Gasteiger partial charge in [-0.15, -0.1) is 0 Å². The van der Waals surface area contributed by atoms with E-state index in [1.165, 1.54) is 4.90 Å². The molecule has 144 valence electrons. The van der Waals surface area contributed by atoms with Crippen LogP contribution in [0.2, 0.25) is 0 Å². The quantitative estimate of drug-likeness (QED) is 0.433. The molecule has 1 aliphatic heterocycles. The molecule has 0 radical (unpaired) electrons. The molecule has 3 N–H and O–H groups in total. The maximum atomic E-state index is 11.9. The smallest absolute Gasteiger partial charge is 0.313 e. The van der Waals surface area contributed by atoms with Gasteiger partial charge in [0.15, 0.2) is 0 Å². The van der Waals surface area contributed by atoms with Crippen molar-refractivity contribution in [2.24, 2.45) is 0 Å². The van der Waals surface area contributed by atoms with Crippen LogP contribution in [0.5, 0.6) is 5.75 Å². The predicted octanol–water partition coefficient (Wildman–Crippen LogP) is 0.225. The number of carbonyl (C=O) groups excluding carboxylic acids is 2. The lowest BCUT2D eigenvalue weighted by Crippen LogP contribution is -3.14. The molecule has 0 spiro atoms. The highest BCUT2D eigenvalue weighted by molar-refractivity contribution is 6.39. The molecule has 2 amide bonds. The van der Waals surface area contributed by atoms with E-state index >= 15 is 0 Å². The molecule has 0 aliphatic carbocycles. The second-order valence-electron chi connectivity index (χ2n) is 6.40. The Bertz CT molecular complexity index is 556. The number of hydrogen-bond donors (Lipinski definition) is 3. The Hall–Kier alpha value is -2.12. The summed E-state index contributed by atoms with van der Waals surface area (Å²) in [6, 6.07) is 7.05. The van der Waals surface area contributed by atoms with Gasteiger partial charge in [-0.1, -0.05) is 19.8 Å². The average Bonchev–Trinajstić information content (AvgIpc) is 2.67. The van der Waals surface area contributed by atoms with Gasteiger partial charge in [0.1, 0.15) is 18.8 Å². The third kappa shape index (κ3) is 7.41. The Morgan fingerprint density at radius 3 is 2.54 bits per heavy atom. The molecule has 26 heavy (non-hydrogen) atoms. The Balaban J connectivity index is 1.66. The minimum Gasteiger partial charge on any atom is -0.494 e. The lowest BCUT2D eigenvalue weighted by Gasteiger charge is -2.23. The lowest BCUT2D eigenvalue weighted by atomic mass is 10.2. The van der Waals surface area contributed by atoms with Gasteiger partial charge in [-0.05, 0) is 30.7 Å². The molecular formula is C19H30N3O4+. The molecule has 0 saturated carbocycles. The fourth-order valence-electron chi connectivity index (χ4n) is 2.71. The van der Waals surface area contributed by atoms with Crippen LogP contribution >= 0.6 is 0 Å². The molecule has 2 rings (SSSR count). The Morgan fingerprint density at radius 1 is 1.12 bits per heavy atom. The van der Waals surface area contributed by atoms with Crippen LogP contribution in [-0.4, -0.2) is 57.8 Å². The van der Waals surface area contributed by atoms with E-state index in [9.17, 15) is 9.59 Å². The molecule has 0 unspecified atom stereocenters. The average molecular weight is 364 g/mol. The topological polar surface area (TPSA) is 81.1 Å². The van der Waals surface area contributed by atoms with Gasteiger partial charge in [-0.25, -0.2) is 0 Å². The summed E-state index contributed by atoms with van der Waals surface area (Å²) < 4.78 is 10.9. The number of carbonyl (C=O) groups is 2. The minimum atomic E-state index is -0.654. The van der Waals surface area contributed by atoms with Gasteiger partial charge < -0.3 is 25.0 Å². The zero-order chi connectivity index (χ0) is 18.6. The maximum absolute atomic E-state index is 11.9. The summed E-state index contributed by atoms with van der Waals surface area (Å²) in [5, 5.41) is 5.26. The van der Waals surface area contributed by atoms with E-state index in [2.05, 4.69) is 17.6 Å². The standard InChI is InChI=1S/C19H29N3O4/c1-2-3-4-13-26-17-7-5-16(6-8-17)21-19(24)18(23)20-9-10-22-11-14-25-15-12-22/h5-8H,2-4,9-15H2,1H3,(H,20,23)(H,21,24)/p+1. The minimum absolute atomic E-state index is 0.478. The largest absolute Gasteiger partial charge is 0.494 e. The summed E-state index contributed by atoms with van der Waals surface area (Å²) >= 11 is 0. The number of unbranched alkanes of at least 4 members (excludes halogenated alkanes) is 2. The first-order valence-electron chi connectivity index (χ1n) is 9.42. The van der Waals surface area contributed by atoms with Crippen LogP contribution in [0.25, 0.3) is 0 Å². The fraction of sp³-hybridized carbons (Fsp3) is 0.579. The van der Waals surface area contributed by atoms with E-state index in [0.717, 1.165) is 57.9 Å². The molecule has 7 heteroatoms. The third-order valence-corrected chi connectivity index (χ3v) is 4.30. The van der Waals surface area contributed by atoms with Crippen molar-refractivity contribution in [2.75, 3.05) is 51.3 Å². The Kier molecular flexibility index (Phi) is 8.92. The molecule has 7 nitrogen and oxygen atoms in total. The van der Waals surface area contributed by atoms with Gasteiger partial charge >= 0.3 is 11.8 Å². The highest BCUT2D eigenvalue weighted by Gasteiger charge is 2.16. The normalized spacial score (nSPS) is 14.7. The van der Waals surface area contributed by atoms with Crippen molar-refractivity contribution in [2.45, 2.75) is 26.2 Å². The highest BCUT2D eigenvalue weighted by Crippen LogP contribution is 2.16. The van der Waals surface area contributed by atoms with E-state index in [4.69, 9.17) is 9.47 Å². The summed E-state index contributed by atoms with van der Waals surface area (Å²) in [5.74, 6) is -0.506. The molecule has 1 fully saturated rings. The molecule has 1 heterocycles. The third-order valence-electron chi connectivity index (χ3n) is 4.30. The van der Waals surface area contributed by atoms with Crippen LogP contribution < -0.4 is 20.3 Å².